The number of aryl methyl sites for hydroxylation is 2. The molecule has 0 unspecified atom stereocenters. The van der Waals surface area contributed by atoms with Crippen molar-refractivity contribution in [1.82, 2.24) is 4.31 Å². The highest BCUT2D eigenvalue weighted by molar-refractivity contribution is 7.89. The van der Waals surface area contributed by atoms with Crippen molar-refractivity contribution in [2.45, 2.75) is 32.6 Å². The molecule has 0 spiro atoms. The third-order valence-corrected chi connectivity index (χ3v) is 6.68. The Labute approximate surface area is 166 Å². The highest BCUT2D eigenvalue weighted by Gasteiger charge is 2.20. The predicted molar refractivity (Wildman–Crippen MR) is 107 cm³/mol. The van der Waals surface area contributed by atoms with Crippen molar-refractivity contribution >= 4 is 21.8 Å². The second-order valence-electron chi connectivity index (χ2n) is 6.95. The van der Waals surface area contributed by atoms with Gasteiger partial charge in [-0.3, -0.25) is 4.79 Å². The van der Waals surface area contributed by atoms with Crippen molar-refractivity contribution in [2.24, 2.45) is 0 Å². The van der Waals surface area contributed by atoms with E-state index in [1.807, 2.05) is 33.8 Å². The number of carbonyl (C=O) groups is 2. The van der Waals surface area contributed by atoms with Gasteiger partial charge in [-0.05, 0) is 74.2 Å². The molecule has 2 aromatic carbocycles. The maximum atomic E-state index is 12.6. The molecule has 28 heavy (non-hydrogen) atoms. The number of ketones is 1. The minimum Gasteiger partial charge on any atom is -0.454 e. The molecule has 6 nitrogen and oxygen atoms in total. The van der Waals surface area contributed by atoms with Gasteiger partial charge in [0, 0.05) is 19.7 Å². The fourth-order valence-corrected chi connectivity index (χ4v) is 3.80. The first-order valence-electron chi connectivity index (χ1n) is 8.77. The van der Waals surface area contributed by atoms with E-state index < -0.39 is 16.0 Å². The average Bonchev–Trinajstić information content (AvgIpc) is 2.64. The first-order chi connectivity index (χ1) is 13.0. The van der Waals surface area contributed by atoms with Crippen LogP contribution in [0, 0.1) is 27.7 Å². The highest BCUT2D eigenvalue weighted by atomic mass is 32.2. The lowest BCUT2D eigenvalue weighted by Gasteiger charge is -2.14. The summed E-state index contributed by atoms with van der Waals surface area (Å²) in [5.74, 6) is -0.941. The monoisotopic (exact) mass is 403 g/mol. The zero-order valence-corrected chi connectivity index (χ0v) is 17.8. The molecule has 0 saturated carbocycles. The zero-order chi connectivity index (χ0) is 21.2. The number of rotatable bonds is 6. The largest absolute Gasteiger partial charge is 0.454 e. The summed E-state index contributed by atoms with van der Waals surface area (Å²) in [5, 5.41) is 0. The Morgan fingerprint density at radius 2 is 1.43 bits per heavy atom. The van der Waals surface area contributed by atoms with E-state index in [2.05, 4.69) is 0 Å². The summed E-state index contributed by atoms with van der Waals surface area (Å²) in [6.45, 7) is 7.25. The molecule has 0 aliphatic heterocycles. The molecule has 0 amide bonds. The van der Waals surface area contributed by atoms with Crippen LogP contribution in [-0.4, -0.2) is 45.2 Å². The van der Waals surface area contributed by atoms with Gasteiger partial charge in [0.05, 0.1) is 10.5 Å². The van der Waals surface area contributed by atoms with E-state index in [1.54, 1.807) is 0 Å². The van der Waals surface area contributed by atoms with Gasteiger partial charge >= 0.3 is 5.97 Å². The number of Topliss-reactive ketones (excluding diaryl/α,β-unsaturated/α-hetero) is 1. The van der Waals surface area contributed by atoms with Crippen LogP contribution in [0.15, 0.2) is 35.2 Å². The summed E-state index contributed by atoms with van der Waals surface area (Å²) in [5.41, 5.74) is 4.54. The lowest BCUT2D eigenvalue weighted by molar-refractivity contribution is 0.0474. The third kappa shape index (κ3) is 4.31. The minimum atomic E-state index is -3.57. The molecular weight excluding hydrogens is 378 g/mol. The number of hydrogen-bond acceptors (Lipinski definition) is 5. The molecule has 0 radical (unpaired) electrons. The molecule has 7 heteroatoms. The first kappa shape index (κ1) is 21.8. The maximum absolute atomic E-state index is 12.6. The molecule has 0 saturated heterocycles. The van der Waals surface area contributed by atoms with Crippen LogP contribution in [0.5, 0.6) is 0 Å². The fourth-order valence-electron chi connectivity index (χ4n) is 2.90. The summed E-state index contributed by atoms with van der Waals surface area (Å²) >= 11 is 0. The molecule has 0 aliphatic rings. The summed E-state index contributed by atoms with van der Waals surface area (Å²) in [7, 11) is -0.710. The van der Waals surface area contributed by atoms with E-state index >= 15 is 0 Å². The van der Waals surface area contributed by atoms with Crippen molar-refractivity contribution in [2.75, 3.05) is 20.7 Å². The lowest BCUT2D eigenvalue weighted by Crippen LogP contribution is -2.22. The van der Waals surface area contributed by atoms with E-state index in [0.717, 1.165) is 26.6 Å². The number of nitrogens with zero attached hydrogens (tertiary/aromatic N) is 1. The van der Waals surface area contributed by atoms with E-state index in [0.29, 0.717) is 5.56 Å². The van der Waals surface area contributed by atoms with Gasteiger partial charge in [0.2, 0.25) is 15.8 Å². The topological polar surface area (TPSA) is 80.8 Å². The van der Waals surface area contributed by atoms with Gasteiger partial charge in [-0.25, -0.2) is 17.5 Å². The number of benzene rings is 2. The molecule has 0 aliphatic carbocycles. The van der Waals surface area contributed by atoms with Gasteiger partial charge < -0.3 is 4.74 Å². The Morgan fingerprint density at radius 3 is 1.89 bits per heavy atom. The molecule has 0 N–H and O–H groups in total. The van der Waals surface area contributed by atoms with E-state index in [4.69, 9.17) is 4.74 Å². The smallest absolute Gasteiger partial charge is 0.338 e. The SMILES string of the molecule is Cc1cc(C)c(C)c(C(=O)COC(=O)c2ccc(S(=O)(=O)N(C)C)cc2)c1C. The van der Waals surface area contributed by atoms with Gasteiger partial charge in [-0.1, -0.05) is 6.07 Å². The molecule has 2 rings (SSSR count). The van der Waals surface area contributed by atoms with Gasteiger partial charge in [0.1, 0.15) is 0 Å². The predicted octanol–water partition coefficient (Wildman–Crippen LogP) is 3.21. The minimum absolute atomic E-state index is 0.0756. The van der Waals surface area contributed by atoms with Crippen LogP contribution >= 0.6 is 0 Å². The summed E-state index contributed by atoms with van der Waals surface area (Å²) in [6, 6.07) is 7.45. The van der Waals surface area contributed by atoms with Crippen LogP contribution in [0.4, 0.5) is 0 Å². The highest BCUT2D eigenvalue weighted by Crippen LogP contribution is 2.22. The van der Waals surface area contributed by atoms with E-state index in [9.17, 15) is 18.0 Å². The number of carbonyl (C=O) groups excluding carboxylic acids is 2. The second-order valence-corrected chi connectivity index (χ2v) is 9.10. The Morgan fingerprint density at radius 1 is 0.929 bits per heavy atom. The van der Waals surface area contributed by atoms with Gasteiger partial charge in [0.15, 0.2) is 6.61 Å². The summed E-state index contributed by atoms with van der Waals surface area (Å²) in [4.78, 5) is 24.9. The molecule has 150 valence electrons. The quantitative estimate of drug-likeness (QED) is 0.546. The van der Waals surface area contributed by atoms with Crippen LogP contribution in [-0.2, 0) is 14.8 Å². The number of sulfonamides is 1. The van der Waals surface area contributed by atoms with Gasteiger partial charge in [0.25, 0.3) is 0 Å². The summed E-state index contributed by atoms with van der Waals surface area (Å²) < 4.78 is 30.4. The molecule has 0 heterocycles. The van der Waals surface area contributed by atoms with Crippen LogP contribution in [0.2, 0.25) is 0 Å². The molecule has 0 aromatic heterocycles. The number of ether oxygens (including phenoxy) is 1. The zero-order valence-electron chi connectivity index (χ0n) is 17.0. The molecule has 0 fully saturated rings. The van der Waals surface area contributed by atoms with Crippen molar-refractivity contribution in [3.63, 3.8) is 0 Å². The number of esters is 1. The second kappa shape index (κ2) is 8.24. The third-order valence-electron chi connectivity index (χ3n) is 4.85. The summed E-state index contributed by atoms with van der Waals surface area (Å²) in [6.07, 6.45) is 0. The normalized spacial score (nSPS) is 11.5. The van der Waals surface area contributed by atoms with Crippen molar-refractivity contribution < 1.29 is 22.7 Å². The van der Waals surface area contributed by atoms with E-state index in [-0.39, 0.29) is 22.8 Å². The van der Waals surface area contributed by atoms with Gasteiger partial charge in [-0.15, -0.1) is 0 Å². The number of hydrogen-bond donors (Lipinski definition) is 0. The molecular formula is C21H25NO5S. The van der Waals surface area contributed by atoms with Crippen LogP contribution in [0.25, 0.3) is 0 Å². The van der Waals surface area contributed by atoms with Gasteiger partial charge in [-0.2, -0.15) is 0 Å². The molecule has 0 bridgehead atoms. The molecule has 0 atom stereocenters. The lowest BCUT2D eigenvalue weighted by atomic mass is 9.92. The van der Waals surface area contributed by atoms with E-state index in [1.165, 1.54) is 38.4 Å². The standard InChI is InChI=1S/C21H25NO5S/c1-13-11-14(2)16(4)20(15(13)3)19(23)12-27-21(24)17-7-9-18(10-8-17)28(25,26)22(5)6/h7-11H,12H2,1-6H3. The molecule has 2 aromatic rings. The average molecular weight is 404 g/mol. The van der Waals surface area contributed by atoms with Crippen LogP contribution in [0.3, 0.4) is 0 Å². The Kier molecular flexibility index (Phi) is 6.41. The maximum Gasteiger partial charge on any atom is 0.338 e. The Hall–Kier alpha value is -2.51. The fraction of sp³-hybridized carbons (Fsp3) is 0.333. The van der Waals surface area contributed by atoms with Crippen LogP contribution in [0.1, 0.15) is 43.0 Å². The Bertz CT molecular complexity index is 996. The van der Waals surface area contributed by atoms with Crippen molar-refractivity contribution in [3.05, 3.63) is 63.7 Å². The Balaban J connectivity index is 2.14. The van der Waals surface area contributed by atoms with Crippen molar-refractivity contribution in [1.29, 1.82) is 0 Å². The first-order valence-corrected chi connectivity index (χ1v) is 10.2. The van der Waals surface area contributed by atoms with Crippen LogP contribution < -0.4 is 0 Å². The van der Waals surface area contributed by atoms with Crippen molar-refractivity contribution in [3.8, 4) is 0 Å².